The van der Waals surface area contributed by atoms with Crippen LogP contribution >= 0.6 is 12.2 Å². The number of primary amides is 1. The fraction of sp³-hybridized carbons (Fsp3) is 0.0667. The number of amides is 1. The molecule has 6 heteroatoms. The lowest BCUT2D eigenvalue weighted by Gasteiger charge is -2.05. The number of carbonyl (C=O) groups is 1. The molecule has 0 saturated heterocycles. The maximum atomic E-state index is 12.9. The van der Waals surface area contributed by atoms with Gasteiger partial charge in [0.05, 0.1) is 17.6 Å². The molecule has 0 saturated carbocycles. The van der Waals surface area contributed by atoms with Crippen LogP contribution in [0.1, 0.15) is 15.9 Å². The molecule has 3 N–H and O–H groups in total. The van der Waals surface area contributed by atoms with Gasteiger partial charge in [-0.1, -0.05) is 12.1 Å². The lowest BCUT2D eigenvalue weighted by Crippen LogP contribution is -2.10. The molecule has 2 aromatic carbocycles. The minimum Gasteiger partial charge on any atom is -0.366 e. The Bertz CT molecular complexity index is 880. The highest BCUT2D eigenvalue weighted by Crippen LogP contribution is 2.18. The third kappa shape index (κ3) is 2.57. The number of nitrogens with one attached hydrogen (secondary N) is 1. The summed E-state index contributed by atoms with van der Waals surface area (Å²) in [6.07, 6.45) is 0. The Kier molecular flexibility index (Phi) is 3.31. The Morgan fingerprint density at radius 2 is 1.95 bits per heavy atom. The van der Waals surface area contributed by atoms with Gasteiger partial charge in [0.25, 0.3) is 0 Å². The molecule has 0 spiro atoms. The molecule has 0 atom stereocenters. The zero-order valence-corrected chi connectivity index (χ0v) is 11.8. The van der Waals surface area contributed by atoms with Crippen molar-refractivity contribution in [2.45, 2.75) is 6.54 Å². The van der Waals surface area contributed by atoms with Crippen molar-refractivity contribution >= 4 is 29.2 Å². The first-order valence-corrected chi connectivity index (χ1v) is 6.72. The molecule has 3 rings (SSSR count). The second-order valence-electron chi connectivity index (χ2n) is 4.74. The summed E-state index contributed by atoms with van der Waals surface area (Å²) in [6, 6.07) is 11.4. The van der Waals surface area contributed by atoms with Crippen LogP contribution in [0.5, 0.6) is 0 Å². The highest BCUT2D eigenvalue weighted by Gasteiger charge is 2.08. The molecule has 4 nitrogen and oxygen atoms in total. The summed E-state index contributed by atoms with van der Waals surface area (Å²) in [4.78, 5) is 14.2. The number of halogens is 1. The molecule has 0 radical (unpaired) electrons. The maximum absolute atomic E-state index is 12.9. The van der Waals surface area contributed by atoms with Gasteiger partial charge >= 0.3 is 0 Å². The Morgan fingerprint density at radius 1 is 1.24 bits per heavy atom. The fourth-order valence-corrected chi connectivity index (χ4v) is 2.52. The van der Waals surface area contributed by atoms with Crippen LogP contribution in [0.4, 0.5) is 4.39 Å². The summed E-state index contributed by atoms with van der Waals surface area (Å²) in [5, 5.41) is 0. The topological polar surface area (TPSA) is 63.8 Å². The number of fused-ring (bicyclic) bond motifs is 1. The molecule has 1 amide bonds. The van der Waals surface area contributed by atoms with Crippen LogP contribution in [-0.4, -0.2) is 15.5 Å². The Labute approximate surface area is 125 Å². The third-order valence-electron chi connectivity index (χ3n) is 3.31. The Balaban J connectivity index is 2.06. The molecule has 0 unspecified atom stereocenters. The lowest BCUT2D eigenvalue weighted by molar-refractivity contribution is 0.100. The van der Waals surface area contributed by atoms with E-state index in [1.54, 1.807) is 30.3 Å². The number of hydrogen-bond acceptors (Lipinski definition) is 2. The first-order chi connectivity index (χ1) is 10.0. The molecular weight excluding hydrogens is 289 g/mol. The molecule has 0 bridgehead atoms. The maximum Gasteiger partial charge on any atom is 0.248 e. The van der Waals surface area contributed by atoms with Gasteiger partial charge in [0.15, 0.2) is 4.77 Å². The first-order valence-electron chi connectivity index (χ1n) is 6.31. The minimum atomic E-state index is -0.484. The van der Waals surface area contributed by atoms with Gasteiger partial charge in [0.2, 0.25) is 5.91 Å². The minimum absolute atomic E-state index is 0.271. The smallest absolute Gasteiger partial charge is 0.248 e. The molecular formula is C15H12FN3OS. The van der Waals surface area contributed by atoms with Crippen LogP contribution in [0.3, 0.4) is 0 Å². The Hall–Kier alpha value is -2.47. The molecule has 1 aromatic heterocycles. The standard InChI is InChI=1S/C15H12FN3OS/c16-11-4-1-9(2-5-11)8-19-13-6-3-10(14(17)20)7-12(13)18-15(19)21/h1-7H,8H2,(H2,17,20)(H,18,21). The number of aromatic amines is 1. The van der Waals surface area contributed by atoms with Crippen LogP contribution in [0.2, 0.25) is 0 Å². The van der Waals surface area contributed by atoms with Gasteiger partial charge in [-0.25, -0.2) is 4.39 Å². The largest absolute Gasteiger partial charge is 0.366 e. The molecule has 0 aliphatic carbocycles. The van der Waals surface area contributed by atoms with E-state index in [-0.39, 0.29) is 5.82 Å². The van der Waals surface area contributed by atoms with Crippen LogP contribution in [0.15, 0.2) is 42.5 Å². The zero-order chi connectivity index (χ0) is 15.0. The van der Waals surface area contributed by atoms with Gasteiger partial charge in [-0.15, -0.1) is 0 Å². The number of benzene rings is 2. The summed E-state index contributed by atoms with van der Waals surface area (Å²) in [7, 11) is 0. The summed E-state index contributed by atoms with van der Waals surface area (Å²) >= 11 is 5.30. The SMILES string of the molecule is NC(=O)c1ccc2c(c1)[nH]c(=S)n2Cc1ccc(F)cc1. The van der Waals surface area contributed by atoms with Crippen molar-refractivity contribution in [2.24, 2.45) is 5.73 Å². The highest BCUT2D eigenvalue weighted by molar-refractivity contribution is 7.71. The van der Waals surface area contributed by atoms with E-state index >= 15 is 0 Å². The van der Waals surface area contributed by atoms with Gasteiger partial charge in [-0.3, -0.25) is 4.79 Å². The molecule has 0 aliphatic heterocycles. The Morgan fingerprint density at radius 3 is 2.62 bits per heavy atom. The number of hydrogen-bond donors (Lipinski definition) is 2. The van der Waals surface area contributed by atoms with Crippen molar-refractivity contribution in [1.29, 1.82) is 0 Å². The van der Waals surface area contributed by atoms with Crippen LogP contribution in [0, 0.1) is 10.6 Å². The molecule has 106 valence electrons. The molecule has 0 fully saturated rings. The quantitative estimate of drug-likeness (QED) is 0.730. The van der Waals surface area contributed by atoms with Crippen LogP contribution < -0.4 is 5.73 Å². The third-order valence-corrected chi connectivity index (χ3v) is 3.64. The van der Waals surface area contributed by atoms with E-state index in [1.807, 2.05) is 4.57 Å². The summed E-state index contributed by atoms with van der Waals surface area (Å²) in [6.45, 7) is 0.523. The number of H-pyrrole nitrogens is 1. The summed E-state index contributed by atoms with van der Waals surface area (Å²) in [5.41, 5.74) is 8.25. The van der Waals surface area contributed by atoms with E-state index in [4.69, 9.17) is 18.0 Å². The van der Waals surface area contributed by atoms with Crippen molar-refractivity contribution in [2.75, 3.05) is 0 Å². The van der Waals surface area contributed by atoms with Gasteiger partial charge in [-0.2, -0.15) is 0 Å². The number of imidazole rings is 1. The number of nitrogens with two attached hydrogens (primary N) is 1. The number of aromatic nitrogens is 2. The van der Waals surface area contributed by atoms with Gasteiger partial charge < -0.3 is 15.3 Å². The molecule has 1 heterocycles. The average molecular weight is 301 g/mol. The van der Waals surface area contributed by atoms with Crippen molar-refractivity contribution in [1.82, 2.24) is 9.55 Å². The molecule has 3 aromatic rings. The van der Waals surface area contributed by atoms with E-state index in [1.165, 1.54) is 12.1 Å². The van der Waals surface area contributed by atoms with Crippen molar-refractivity contribution in [3.8, 4) is 0 Å². The highest BCUT2D eigenvalue weighted by atomic mass is 32.1. The predicted molar refractivity (Wildman–Crippen MR) is 81.1 cm³/mol. The number of rotatable bonds is 3. The molecule has 0 aliphatic rings. The molecule has 21 heavy (non-hydrogen) atoms. The average Bonchev–Trinajstić information content (AvgIpc) is 2.76. The number of nitrogens with zero attached hydrogens (tertiary/aromatic N) is 1. The van der Waals surface area contributed by atoms with Gasteiger partial charge in [-0.05, 0) is 48.1 Å². The fourth-order valence-electron chi connectivity index (χ4n) is 2.25. The van der Waals surface area contributed by atoms with Gasteiger partial charge in [0, 0.05) is 5.56 Å². The van der Waals surface area contributed by atoms with Crippen LogP contribution in [-0.2, 0) is 6.54 Å². The summed E-state index contributed by atoms with van der Waals surface area (Å²) in [5.74, 6) is -0.755. The lowest BCUT2D eigenvalue weighted by atomic mass is 10.2. The van der Waals surface area contributed by atoms with Crippen molar-refractivity contribution < 1.29 is 9.18 Å². The van der Waals surface area contributed by atoms with E-state index in [2.05, 4.69) is 4.98 Å². The first kappa shape index (κ1) is 13.5. The zero-order valence-electron chi connectivity index (χ0n) is 11.0. The van der Waals surface area contributed by atoms with E-state index < -0.39 is 5.91 Å². The number of carbonyl (C=O) groups excluding carboxylic acids is 1. The van der Waals surface area contributed by atoms with Crippen molar-refractivity contribution in [3.05, 3.63) is 64.2 Å². The normalized spacial score (nSPS) is 10.9. The van der Waals surface area contributed by atoms with E-state index in [0.29, 0.717) is 16.9 Å². The van der Waals surface area contributed by atoms with Crippen LogP contribution in [0.25, 0.3) is 11.0 Å². The predicted octanol–water partition coefficient (Wildman–Crippen LogP) is 2.99. The van der Waals surface area contributed by atoms with Gasteiger partial charge in [0.1, 0.15) is 5.82 Å². The van der Waals surface area contributed by atoms with E-state index in [9.17, 15) is 9.18 Å². The second kappa shape index (κ2) is 5.14. The second-order valence-corrected chi connectivity index (χ2v) is 5.13. The van der Waals surface area contributed by atoms with E-state index in [0.717, 1.165) is 16.6 Å². The summed E-state index contributed by atoms with van der Waals surface area (Å²) < 4.78 is 15.4. The van der Waals surface area contributed by atoms with Crippen molar-refractivity contribution in [3.63, 3.8) is 0 Å². The monoisotopic (exact) mass is 301 g/mol.